The van der Waals surface area contributed by atoms with Crippen molar-refractivity contribution in [2.45, 2.75) is 95.9 Å². The summed E-state index contributed by atoms with van der Waals surface area (Å²) >= 11 is 0. The number of amides is 1. The Labute approximate surface area is 282 Å². The lowest BCUT2D eigenvalue weighted by Gasteiger charge is -2.45. The van der Waals surface area contributed by atoms with Gasteiger partial charge in [0.2, 0.25) is 0 Å². The Bertz CT molecular complexity index is 1390. The molecule has 4 rings (SSSR count). The molecule has 1 aliphatic rings. The number of ether oxygens (including phenoxy) is 7. The molecular weight excluding hydrogens is 616 g/mol. The van der Waals surface area contributed by atoms with Crippen LogP contribution in [-0.2, 0) is 57.8 Å². The molecule has 0 spiro atoms. The van der Waals surface area contributed by atoms with Gasteiger partial charge in [-0.05, 0) is 44.4 Å². The van der Waals surface area contributed by atoms with E-state index in [1.54, 1.807) is 27.7 Å². The standard InChI is InChI=1S/C37H48N2O9/c1-25(31(34(40)42-5)39-36(41)48-37(2,3)4)46-35-30(38)33(45-23-28-19-13-8-14-20-28)32(44-22-27-17-11-7-12-18-27)29(47-35)24-43-21-26-15-9-6-10-16-26/h6-20,25,29-33,35H,21-24,38H2,1-5H3,(H,39,41)/t25-,29-,30-,31+,32-,33-,35-/m1/s1. The van der Waals surface area contributed by atoms with E-state index in [9.17, 15) is 9.59 Å². The van der Waals surface area contributed by atoms with Gasteiger partial charge >= 0.3 is 12.1 Å². The summed E-state index contributed by atoms with van der Waals surface area (Å²) in [4.78, 5) is 25.4. The highest BCUT2D eigenvalue weighted by Gasteiger charge is 2.48. The number of hydrogen-bond donors (Lipinski definition) is 2. The molecule has 0 saturated carbocycles. The van der Waals surface area contributed by atoms with Gasteiger partial charge in [0.25, 0.3) is 0 Å². The Morgan fingerprint density at radius 3 is 1.81 bits per heavy atom. The van der Waals surface area contributed by atoms with Crippen molar-refractivity contribution in [3.8, 4) is 0 Å². The molecule has 260 valence electrons. The number of nitrogens with two attached hydrogens (primary N) is 1. The first kappa shape index (κ1) is 37.0. The van der Waals surface area contributed by atoms with Crippen molar-refractivity contribution in [2.24, 2.45) is 5.73 Å². The highest BCUT2D eigenvalue weighted by molar-refractivity contribution is 5.82. The molecule has 1 fully saturated rings. The number of benzene rings is 3. The van der Waals surface area contributed by atoms with Gasteiger partial charge in [0, 0.05) is 0 Å². The average molecular weight is 665 g/mol. The maximum atomic E-state index is 12.8. The minimum absolute atomic E-state index is 0.136. The van der Waals surface area contributed by atoms with Crippen molar-refractivity contribution in [1.82, 2.24) is 5.32 Å². The average Bonchev–Trinajstić information content (AvgIpc) is 3.07. The van der Waals surface area contributed by atoms with E-state index in [0.29, 0.717) is 6.61 Å². The third-order valence-corrected chi connectivity index (χ3v) is 7.60. The van der Waals surface area contributed by atoms with Gasteiger partial charge < -0.3 is 44.2 Å². The van der Waals surface area contributed by atoms with E-state index in [2.05, 4.69) is 5.32 Å². The number of hydrogen-bond acceptors (Lipinski definition) is 10. The van der Waals surface area contributed by atoms with E-state index in [1.807, 2.05) is 91.0 Å². The number of alkyl carbamates (subject to hydrolysis) is 1. The Balaban J connectivity index is 1.58. The predicted molar refractivity (Wildman–Crippen MR) is 178 cm³/mol. The molecule has 3 aromatic rings. The molecule has 0 aliphatic carbocycles. The molecule has 11 heteroatoms. The lowest BCUT2D eigenvalue weighted by Crippen LogP contribution is -2.65. The molecule has 0 radical (unpaired) electrons. The fraction of sp³-hybridized carbons (Fsp3) is 0.459. The molecule has 7 atom stereocenters. The molecule has 11 nitrogen and oxygen atoms in total. The number of rotatable bonds is 15. The second-order valence-corrected chi connectivity index (χ2v) is 12.6. The van der Waals surface area contributed by atoms with E-state index in [4.69, 9.17) is 38.9 Å². The van der Waals surface area contributed by atoms with Crippen molar-refractivity contribution in [3.63, 3.8) is 0 Å². The molecule has 1 aliphatic heterocycles. The van der Waals surface area contributed by atoms with Crippen LogP contribution >= 0.6 is 0 Å². The van der Waals surface area contributed by atoms with E-state index >= 15 is 0 Å². The maximum absolute atomic E-state index is 12.8. The Hall–Kier alpha value is -3.84. The van der Waals surface area contributed by atoms with E-state index < -0.39 is 60.5 Å². The third-order valence-electron chi connectivity index (χ3n) is 7.60. The van der Waals surface area contributed by atoms with Crippen LogP contribution < -0.4 is 11.1 Å². The van der Waals surface area contributed by atoms with E-state index in [-0.39, 0.29) is 19.8 Å². The quantitative estimate of drug-likeness (QED) is 0.216. The summed E-state index contributed by atoms with van der Waals surface area (Å²) in [6.07, 6.45) is -4.84. The lowest BCUT2D eigenvalue weighted by atomic mass is 9.96. The monoisotopic (exact) mass is 664 g/mol. The molecular formula is C37H48N2O9. The first-order chi connectivity index (χ1) is 23.0. The van der Waals surface area contributed by atoms with Gasteiger partial charge in [0.05, 0.1) is 45.7 Å². The zero-order valence-electron chi connectivity index (χ0n) is 28.3. The number of carbonyl (C=O) groups is 2. The number of carbonyl (C=O) groups excluding carboxylic acids is 2. The zero-order valence-corrected chi connectivity index (χ0v) is 28.3. The van der Waals surface area contributed by atoms with Crippen molar-refractivity contribution in [2.75, 3.05) is 13.7 Å². The Morgan fingerprint density at radius 1 is 0.812 bits per heavy atom. The van der Waals surface area contributed by atoms with Crippen molar-refractivity contribution < 1.29 is 42.7 Å². The summed E-state index contributed by atoms with van der Waals surface area (Å²) in [5, 5.41) is 2.56. The van der Waals surface area contributed by atoms with Crippen molar-refractivity contribution >= 4 is 12.1 Å². The normalized spacial score (nSPS) is 22.3. The third kappa shape index (κ3) is 11.4. The second kappa shape index (κ2) is 18.1. The van der Waals surface area contributed by atoms with Gasteiger partial charge in [-0.1, -0.05) is 91.0 Å². The minimum atomic E-state index is -1.22. The summed E-state index contributed by atoms with van der Waals surface area (Å²) in [6, 6.07) is 27.2. The fourth-order valence-corrected chi connectivity index (χ4v) is 5.21. The van der Waals surface area contributed by atoms with Crippen LogP contribution in [0.15, 0.2) is 91.0 Å². The van der Waals surface area contributed by atoms with Crippen LogP contribution in [0, 0.1) is 0 Å². The van der Waals surface area contributed by atoms with Gasteiger partial charge in [-0.2, -0.15) is 0 Å². The lowest BCUT2D eigenvalue weighted by molar-refractivity contribution is -0.296. The van der Waals surface area contributed by atoms with Gasteiger partial charge in [0.1, 0.15) is 23.9 Å². The molecule has 1 amide bonds. The summed E-state index contributed by atoms with van der Waals surface area (Å²) in [7, 11) is 1.23. The highest BCUT2D eigenvalue weighted by atomic mass is 16.7. The molecule has 3 N–H and O–H groups in total. The molecule has 1 saturated heterocycles. The molecule has 1 heterocycles. The molecule has 0 unspecified atom stereocenters. The Kier molecular flexibility index (Phi) is 13.9. The van der Waals surface area contributed by atoms with Gasteiger partial charge in [-0.25, -0.2) is 9.59 Å². The smallest absolute Gasteiger partial charge is 0.408 e. The van der Waals surface area contributed by atoms with Gasteiger partial charge in [-0.3, -0.25) is 0 Å². The summed E-state index contributed by atoms with van der Waals surface area (Å²) in [5.41, 5.74) is 8.98. The largest absolute Gasteiger partial charge is 0.467 e. The summed E-state index contributed by atoms with van der Waals surface area (Å²) < 4.78 is 42.2. The van der Waals surface area contributed by atoms with Crippen LogP contribution in [0.5, 0.6) is 0 Å². The minimum Gasteiger partial charge on any atom is -0.467 e. The number of nitrogens with one attached hydrogen (secondary N) is 1. The first-order valence-corrected chi connectivity index (χ1v) is 16.1. The van der Waals surface area contributed by atoms with Crippen LogP contribution in [0.4, 0.5) is 4.79 Å². The van der Waals surface area contributed by atoms with Crippen LogP contribution in [-0.4, -0.2) is 74.2 Å². The van der Waals surface area contributed by atoms with E-state index in [0.717, 1.165) is 16.7 Å². The molecule has 48 heavy (non-hydrogen) atoms. The molecule has 0 aromatic heterocycles. The summed E-state index contributed by atoms with van der Waals surface area (Å²) in [5.74, 6) is -0.721. The number of esters is 1. The van der Waals surface area contributed by atoms with Crippen LogP contribution in [0.25, 0.3) is 0 Å². The molecule has 0 bridgehead atoms. The van der Waals surface area contributed by atoms with Crippen LogP contribution in [0.1, 0.15) is 44.4 Å². The Morgan fingerprint density at radius 2 is 1.31 bits per heavy atom. The summed E-state index contributed by atoms with van der Waals surface area (Å²) in [6.45, 7) is 7.81. The van der Waals surface area contributed by atoms with Crippen molar-refractivity contribution in [3.05, 3.63) is 108 Å². The SMILES string of the molecule is COC(=O)[C@@H](NC(=O)OC(C)(C)C)[C@@H](C)O[C@@H]1O[C@H](COCc2ccccc2)[C@@H](OCc2ccccc2)[C@H](OCc2ccccc2)[C@H]1N. The van der Waals surface area contributed by atoms with E-state index in [1.165, 1.54) is 7.11 Å². The van der Waals surface area contributed by atoms with Crippen LogP contribution in [0.3, 0.4) is 0 Å². The van der Waals surface area contributed by atoms with Crippen LogP contribution in [0.2, 0.25) is 0 Å². The van der Waals surface area contributed by atoms with Gasteiger partial charge in [-0.15, -0.1) is 0 Å². The molecule has 3 aromatic carbocycles. The highest BCUT2D eigenvalue weighted by Crippen LogP contribution is 2.29. The zero-order chi connectivity index (χ0) is 34.5. The first-order valence-electron chi connectivity index (χ1n) is 16.1. The van der Waals surface area contributed by atoms with Crippen molar-refractivity contribution in [1.29, 1.82) is 0 Å². The maximum Gasteiger partial charge on any atom is 0.408 e. The topological polar surface area (TPSA) is 137 Å². The second-order valence-electron chi connectivity index (χ2n) is 12.6. The fourth-order valence-electron chi connectivity index (χ4n) is 5.21. The van der Waals surface area contributed by atoms with Gasteiger partial charge in [0.15, 0.2) is 12.3 Å². The predicted octanol–water partition coefficient (Wildman–Crippen LogP) is 4.90. The number of methoxy groups -OCH3 is 1.